The molecule has 0 N–H and O–H groups in total. The van der Waals surface area contributed by atoms with Crippen molar-refractivity contribution in [3.8, 4) is 0 Å². The number of hydrogen-bond acceptors (Lipinski definition) is 2. The van der Waals surface area contributed by atoms with Crippen LogP contribution in [0.15, 0.2) is 21.5 Å². The molecule has 0 aromatic carbocycles. The van der Waals surface area contributed by atoms with Crippen molar-refractivity contribution in [1.82, 2.24) is 4.57 Å². The molecule has 0 bridgehead atoms. The summed E-state index contributed by atoms with van der Waals surface area (Å²) in [6.07, 6.45) is 1.64. The first-order valence-electron chi connectivity index (χ1n) is 3.83. The molecule has 0 amide bonds. The smallest absolute Gasteiger partial charge is 0.265 e. The highest BCUT2D eigenvalue weighted by Crippen LogP contribution is 2.19. The van der Waals surface area contributed by atoms with E-state index in [2.05, 4.69) is 15.9 Å². The number of halogens is 2. The van der Waals surface area contributed by atoms with Crippen molar-refractivity contribution in [2.45, 2.75) is 6.04 Å². The zero-order valence-corrected chi connectivity index (χ0v) is 9.01. The van der Waals surface area contributed by atoms with E-state index in [1.54, 1.807) is 16.8 Å². The van der Waals surface area contributed by atoms with E-state index < -0.39 is 0 Å². The third kappa shape index (κ3) is 1.66. The van der Waals surface area contributed by atoms with Crippen molar-refractivity contribution in [2.75, 3.05) is 13.2 Å². The predicted octanol–water partition coefficient (Wildman–Crippen LogP) is 1.84. The van der Waals surface area contributed by atoms with E-state index in [0.717, 1.165) is 0 Å². The molecule has 13 heavy (non-hydrogen) atoms. The van der Waals surface area contributed by atoms with Gasteiger partial charge in [-0.05, 0) is 22.0 Å². The summed E-state index contributed by atoms with van der Waals surface area (Å²) in [6.45, 7) is 1.18. The maximum absolute atomic E-state index is 11.6. The van der Waals surface area contributed by atoms with E-state index in [1.807, 2.05) is 0 Å². The Morgan fingerprint density at radius 2 is 2.31 bits per heavy atom. The molecule has 2 rings (SSSR count). The second kappa shape index (κ2) is 3.44. The summed E-state index contributed by atoms with van der Waals surface area (Å²) < 4.78 is 7.11. The van der Waals surface area contributed by atoms with Gasteiger partial charge in [-0.15, -0.1) is 0 Å². The highest BCUT2D eigenvalue weighted by Gasteiger charge is 2.22. The average Bonchev–Trinajstić information content (AvgIpc) is 1.95. The minimum atomic E-state index is -0.0577. The molecular formula is C8H7BrClNO2. The fraction of sp³-hybridized carbons (Fsp3) is 0.375. The van der Waals surface area contributed by atoms with E-state index in [4.69, 9.17) is 16.3 Å². The quantitative estimate of drug-likeness (QED) is 0.775. The van der Waals surface area contributed by atoms with E-state index in [9.17, 15) is 4.79 Å². The minimum absolute atomic E-state index is 0.0577. The van der Waals surface area contributed by atoms with Crippen LogP contribution in [-0.4, -0.2) is 17.8 Å². The molecule has 0 radical (unpaired) electrons. The second-order valence-electron chi connectivity index (χ2n) is 2.91. The number of aromatic nitrogens is 1. The normalized spacial score (nSPS) is 17.1. The highest BCUT2D eigenvalue weighted by molar-refractivity contribution is 9.10. The Bertz CT molecular complexity index is 386. The average molecular weight is 265 g/mol. The van der Waals surface area contributed by atoms with Gasteiger partial charge in [0.1, 0.15) is 0 Å². The van der Waals surface area contributed by atoms with Crippen LogP contribution < -0.4 is 5.56 Å². The second-order valence-corrected chi connectivity index (χ2v) is 4.20. The van der Waals surface area contributed by atoms with E-state index in [-0.39, 0.29) is 11.6 Å². The molecule has 1 aromatic rings. The lowest BCUT2D eigenvalue weighted by Crippen LogP contribution is -2.37. The number of nitrogens with zero attached hydrogens (tertiary/aromatic N) is 1. The molecule has 2 heterocycles. The van der Waals surface area contributed by atoms with Crippen molar-refractivity contribution in [1.29, 1.82) is 0 Å². The molecule has 0 unspecified atom stereocenters. The Morgan fingerprint density at radius 1 is 1.62 bits per heavy atom. The molecule has 5 heteroatoms. The van der Waals surface area contributed by atoms with Gasteiger partial charge in [0.15, 0.2) is 0 Å². The van der Waals surface area contributed by atoms with Gasteiger partial charge >= 0.3 is 0 Å². The van der Waals surface area contributed by atoms with Crippen molar-refractivity contribution in [2.24, 2.45) is 0 Å². The first kappa shape index (κ1) is 9.24. The van der Waals surface area contributed by atoms with Gasteiger partial charge in [0, 0.05) is 6.20 Å². The van der Waals surface area contributed by atoms with Gasteiger partial charge in [0.05, 0.1) is 28.8 Å². The zero-order valence-electron chi connectivity index (χ0n) is 6.67. The summed E-state index contributed by atoms with van der Waals surface area (Å²) in [7, 11) is 0. The standard InChI is InChI=1S/C8H7BrClNO2/c9-7-1-5(10)2-11(8(7)12)6-3-13-4-6/h1-2,6H,3-4H2. The maximum Gasteiger partial charge on any atom is 0.265 e. The van der Waals surface area contributed by atoms with Crippen molar-refractivity contribution >= 4 is 27.5 Å². The zero-order chi connectivity index (χ0) is 9.42. The summed E-state index contributed by atoms with van der Waals surface area (Å²) >= 11 is 8.98. The van der Waals surface area contributed by atoms with Gasteiger partial charge < -0.3 is 9.30 Å². The topological polar surface area (TPSA) is 31.2 Å². The van der Waals surface area contributed by atoms with Crippen LogP contribution in [-0.2, 0) is 4.74 Å². The summed E-state index contributed by atoms with van der Waals surface area (Å²) in [5.41, 5.74) is -0.0577. The summed E-state index contributed by atoms with van der Waals surface area (Å²) in [5.74, 6) is 0. The van der Waals surface area contributed by atoms with Gasteiger partial charge in [0.25, 0.3) is 5.56 Å². The first-order chi connectivity index (χ1) is 6.18. The van der Waals surface area contributed by atoms with Crippen LogP contribution in [0.2, 0.25) is 5.02 Å². The Labute approximate surface area is 88.4 Å². The SMILES string of the molecule is O=c1c(Br)cc(Cl)cn1C1COC1. The minimum Gasteiger partial charge on any atom is -0.377 e. The van der Waals surface area contributed by atoms with E-state index in [1.165, 1.54) is 0 Å². The van der Waals surface area contributed by atoms with Crippen molar-refractivity contribution in [3.63, 3.8) is 0 Å². The largest absolute Gasteiger partial charge is 0.377 e. The van der Waals surface area contributed by atoms with Crippen LogP contribution in [0, 0.1) is 0 Å². The summed E-state index contributed by atoms with van der Waals surface area (Å²) in [5, 5.41) is 0.554. The van der Waals surface area contributed by atoms with Gasteiger partial charge in [-0.25, -0.2) is 0 Å². The molecule has 1 aliphatic heterocycles. The van der Waals surface area contributed by atoms with E-state index >= 15 is 0 Å². The Hall–Kier alpha value is -0.320. The molecule has 0 atom stereocenters. The van der Waals surface area contributed by atoms with Crippen LogP contribution in [0.4, 0.5) is 0 Å². The number of rotatable bonds is 1. The molecule has 1 saturated heterocycles. The van der Waals surface area contributed by atoms with Gasteiger partial charge in [-0.2, -0.15) is 0 Å². The molecule has 1 aliphatic rings. The predicted molar refractivity (Wildman–Crippen MR) is 53.3 cm³/mol. The number of hydrogen-bond donors (Lipinski definition) is 0. The Morgan fingerprint density at radius 3 is 2.85 bits per heavy atom. The van der Waals surface area contributed by atoms with Crippen LogP contribution in [0.3, 0.4) is 0 Å². The maximum atomic E-state index is 11.6. The lowest BCUT2D eigenvalue weighted by molar-refractivity contribution is -0.0249. The lowest BCUT2D eigenvalue weighted by Gasteiger charge is -2.28. The monoisotopic (exact) mass is 263 g/mol. The van der Waals surface area contributed by atoms with Crippen molar-refractivity contribution < 1.29 is 4.74 Å². The van der Waals surface area contributed by atoms with Gasteiger partial charge in [0.2, 0.25) is 0 Å². The molecule has 70 valence electrons. The molecule has 0 aliphatic carbocycles. The fourth-order valence-corrected chi connectivity index (χ4v) is 1.99. The lowest BCUT2D eigenvalue weighted by atomic mass is 10.2. The van der Waals surface area contributed by atoms with Gasteiger partial charge in [-0.1, -0.05) is 11.6 Å². The summed E-state index contributed by atoms with van der Waals surface area (Å²) in [6, 6.07) is 1.74. The fourth-order valence-electron chi connectivity index (χ4n) is 1.19. The summed E-state index contributed by atoms with van der Waals surface area (Å²) in [4.78, 5) is 11.6. The molecular weight excluding hydrogens is 257 g/mol. The highest BCUT2D eigenvalue weighted by atomic mass is 79.9. The third-order valence-corrected chi connectivity index (χ3v) is 2.75. The Kier molecular flexibility index (Phi) is 2.45. The molecule has 0 saturated carbocycles. The van der Waals surface area contributed by atoms with Crippen LogP contribution in [0.25, 0.3) is 0 Å². The number of ether oxygens (including phenoxy) is 1. The molecule has 1 aromatic heterocycles. The number of pyridine rings is 1. The van der Waals surface area contributed by atoms with Gasteiger partial charge in [-0.3, -0.25) is 4.79 Å². The molecule has 1 fully saturated rings. The van der Waals surface area contributed by atoms with E-state index in [0.29, 0.717) is 22.7 Å². The molecule has 3 nitrogen and oxygen atoms in total. The van der Waals surface area contributed by atoms with Crippen LogP contribution >= 0.6 is 27.5 Å². The third-order valence-electron chi connectivity index (χ3n) is 1.98. The molecule has 0 spiro atoms. The van der Waals surface area contributed by atoms with Crippen molar-refractivity contribution in [3.05, 3.63) is 32.1 Å². The van der Waals surface area contributed by atoms with Crippen LogP contribution in [0.1, 0.15) is 6.04 Å². The van der Waals surface area contributed by atoms with Crippen LogP contribution in [0.5, 0.6) is 0 Å². The Balaban J connectivity index is 2.49. The first-order valence-corrected chi connectivity index (χ1v) is 5.00.